The average Bonchev–Trinajstić information content (AvgIpc) is 2.60. The van der Waals surface area contributed by atoms with Crippen LogP contribution < -0.4 is 5.73 Å². The average molecular weight is 332 g/mol. The van der Waals surface area contributed by atoms with E-state index in [1.54, 1.807) is 4.90 Å². The Bertz CT molecular complexity index is 553. The fourth-order valence-corrected chi connectivity index (χ4v) is 3.21. The Morgan fingerprint density at radius 1 is 1.08 bits per heavy atom. The summed E-state index contributed by atoms with van der Waals surface area (Å²) in [7, 11) is 0. The fraction of sp³-hybridized carbons (Fsp3) is 0.579. The highest BCUT2D eigenvalue weighted by molar-refractivity contribution is 5.80. The zero-order valence-electron chi connectivity index (χ0n) is 14.2. The van der Waals surface area contributed by atoms with Gasteiger partial charge in [-0.2, -0.15) is 0 Å². The third kappa shape index (κ3) is 5.96. The number of hydrogen-bond acceptors (Lipinski definition) is 3. The van der Waals surface area contributed by atoms with Crippen molar-refractivity contribution in [1.29, 1.82) is 0 Å². The lowest BCUT2D eigenvalue weighted by Gasteiger charge is -2.28. The van der Waals surface area contributed by atoms with Crippen LogP contribution in [0.5, 0.6) is 0 Å². The van der Waals surface area contributed by atoms with E-state index in [1.165, 1.54) is 43.2 Å². The molecule has 1 aliphatic carbocycles. The van der Waals surface area contributed by atoms with Crippen molar-refractivity contribution in [2.45, 2.75) is 64.0 Å². The van der Waals surface area contributed by atoms with Crippen molar-refractivity contribution in [3.8, 4) is 0 Å². The molecule has 5 heteroatoms. The molecule has 1 aliphatic heterocycles. The van der Waals surface area contributed by atoms with E-state index in [0.717, 1.165) is 6.42 Å². The first kappa shape index (κ1) is 18.5. The summed E-state index contributed by atoms with van der Waals surface area (Å²) in [6.45, 7) is 1.30. The minimum absolute atomic E-state index is 0.0677. The van der Waals surface area contributed by atoms with Gasteiger partial charge in [0.15, 0.2) is 0 Å². The number of carboxylic acid groups (broad SMARTS) is 1. The highest BCUT2D eigenvalue weighted by Crippen LogP contribution is 2.19. The molecule has 132 valence electrons. The monoisotopic (exact) mass is 332 g/mol. The molecule has 0 spiro atoms. The van der Waals surface area contributed by atoms with Crippen molar-refractivity contribution in [2.24, 2.45) is 5.73 Å². The lowest BCUT2D eigenvalue weighted by atomic mass is 9.97. The Kier molecular flexibility index (Phi) is 7.25. The lowest BCUT2D eigenvalue weighted by molar-refractivity contribution is -0.141. The van der Waals surface area contributed by atoms with Gasteiger partial charge in [0.2, 0.25) is 5.91 Å². The number of benzene rings is 1. The van der Waals surface area contributed by atoms with Crippen molar-refractivity contribution in [2.75, 3.05) is 6.54 Å². The summed E-state index contributed by atoms with van der Waals surface area (Å²) in [4.78, 5) is 23.9. The second kappa shape index (κ2) is 9.42. The molecule has 0 bridgehead atoms. The Morgan fingerprint density at radius 2 is 1.75 bits per heavy atom. The second-order valence-corrected chi connectivity index (χ2v) is 6.63. The maximum absolute atomic E-state index is 11.8. The molecule has 0 radical (unpaired) electrons. The van der Waals surface area contributed by atoms with Crippen LogP contribution in [0.3, 0.4) is 0 Å². The van der Waals surface area contributed by atoms with Gasteiger partial charge in [0.25, 0.3) is 0 Å². The largest absolute Gasteiger partial charge is 0.481 e. The summed E-state index contributed by atoms with van der Waals surface area (Å²) in [6, 6.07) is 8.60. The summed E-state index contributed by atoms with van der Waals surface area (Å²) < 4.78 is 0. The van der Waals surface area contributed by atoms with Gasteiger partial charge in [-0.1, -0.05) is 43.5 Å². The molecule has 1 aromatic carbocycles. The number of rotatable bonds is 3. The van der Waals surface area contributed by atoms with Crippen molar-refractivity contribution in [1.82, 2.24) is 4.90 Å². The number of fused-ring (bicyclic) bond motifs is 1. The molecule has 24 heavy (non-hydrogen) atoms. The van der Waals surface area contributed by atoms with E-state index >= 15 is 0 Å². The van der Waals surface area contributed by atoms with Crippen LogP contribution in [0.15, 0.2) is 24.3 Å². The first-order valence-electron chi connectivity index (χ1n) is 8.88. The quantitative estimate of drug-likeness (QED) is 0.891. The smallest absolute Gasteiger partial charge is 0.303 e. The summed E-state index contributed by atoms with van der Waals surface area (Å²) >= 11 is 0. The van der Waals surface area contributed by atoms with Gasteiger partial charge in [-0.15, -0.1) is 0 Å². The molecule has 0 aromatic heterocycles. The number of carbonyl (C=O) groups is 2. The fourth-order valence-electron chi connectivity index (χ4n) is 3.21. The molecule has 2 aliphatic rings. The number of nitrogens with zero attached hydrogens (tertiary/aromatic N) is 1. The van der Waals surface area contributed by atoms with Crippen LogP contribution in [-0.2, 0) is 22.6 Å². The standard InChI is InChI=1S/C13H15NO3.C6H13N/c15-12(5-6-13(16)17)14-8-7-10-3-1-2-4-11(10)9-14;7-6-4-2-1-3-5-6/h1-4H,5-9H2,(H,16,17);6H,1-5,7H2. The molecule has 1 saturated carbocycles. The minimum Gasteiger partial charge on any atom is -0.481 e. The predicted octanol–water partition coefficient (Wildman–Crippen LogP) is 2.71. The first-order valence-corrected chi connectivity index (χ1v) is 8.88. The zero-order chi connectivity index (χ0) is 17.4. The van der Waals surface area contributed by atoms with Crippen molar-refractivity contribution < 1.29 is 14.7 Å². The van der Waals surface area contributed by atoms with Crippen LogP contribution >= 0.6 is 0 Å². The summed E-state index contributed by atoms with van der Waals surface area (Å²) in [5.74, 6) is -0.988. The van der Waals surface area contributed by atoms with Gasteiger partial charge in [-0.25, -0.2) is 0 Å². The molecule has 1 amide bonds. The molecule has 0 unspecified atom stereocenters. The molecular formula is C19H28N2O3. The number of carboxylic acids is 1. The van der Waals surface area contributed by atoms with Gasteiger partial charge >= 0.3 is 5.97 Å². The Hall–Kier alpha value is -1.88. The van der Waals surface area contributed by atoms with Crippen LogP contribution in [0, 0.1) is 0 Å². The van der Waals surface area contributed by atoms with Crippen LogP contribution in [0.1, 0.15) is 56.1 Å². The Balaban J connectivity index is 0.000000249. The second-order valence-electron chi connectivity index (χ2n) is 6.63. The SMILES string of the molecule is NC1CCCCC1.O=C(O)CCC(=O)N1CCc2ccccc2C1. The van der Waals surface area contributed by atoms with E-state index in [4.69, 9.17) is 10.8 Å². The van der Waals surface area contributed by atoms with E-state index in [1.807, 2.05) is 18.2 Å². The van der Waals surface area contributed by atoms with E-state index < -0.39 is 5.97 Å². The van der Waals surface area contributed by atoms with Crippen molar-refractivity contribution in [3.63, 3.8) is 0 Å². The van der Waals surface area contributed by atoms with Crippen LogP contribution in [0.2, 0.25) is 0 Å². The van der Waals surface area contributed by atoms with Gasteiger partial charge in [-0.05, 0) is 30.4 Å². The molecule has 1 fully saturated rings. The van der Waals surface area contributed by atoms with E-state index in [-0.39, 0.29) is 18.7 Å². The first-order chi connectivity index (χ1) is 11.6. The normalized spacial score (nSPS) is 17.5. The number of carbonyl (C=O) groups excluding carboxylic acids is 1. The van der Waals surface area contributed by atoms with Gasteiger partial charge < -0.3 is 15.7 Å². The van der Waals surface area contributed by atoms with Crippen LogP contribution in [0.4, 0.5) is 0 Å². The maximum Gasteiger partial charge on any atom is 0.303 e. The molecule has 0 atom stereocenters. The van der Waals surface area contributed by atoms with Gasteiger partial charge in [0.1, 0.15) is 0 Å². The number of hydrogen-bond donors (Lipinski definition) is 2. The topological polar surface area (TPSA) is 83.6 Å². The third-order valence-corrected chi connectivity index (χ3v) is 4.69. The number of nitrogens with two attached hydrogens (primary N) is 1. The van der Waals surface area contributed by atoms with Crippen LogP contribution in [0.25, 0.3) is 0 Å². The molecule has 3 rings (SSSR count). The molecular weight excluding hydrogens is 304 g/mol. The van der Waals surface area contributed by atoms with Gasteiger partial charge in [0.05, 0.1) is 6.42 Å². The highest BCUT2D eigenvalue weighted by atomic mass is 16.4. The van der Waals surface area contributed by atoms with E-state index in [9.17, 15) is 9.59 Å². The van der Waals surface area contributed by atoms with Crippen LogP contribution in [-0.4, -0.2) is 34.5 Å². The molecule has 0 saturated heterocycles. The van der Waals surface area contributed by atoms with E-state index in [0.29, 0.717) is 19.1 Å². The van der Waals surface area contributed by atoms with E-state index in [2.05, 4.69) is 6.07 Å². The van der Waals surface area contributed by atoms with Gasteiger partial charge in [0, 0.05) is 25.6 Å². The molecule has 1 aromatic rings. The Morgan fingerprint density at radius 3 is 2.33 bits per heavy atom. The number of amides is 1. The van der Waals surface area contributed by atoms with Crippen molar-refractivity contribution in [3.05, 3.63) is 35.4 Å². The zero-order valence-corrected chi connectivity index (χ0v) is 14.2. The highest BCUT2D eigenvalue weighted by Gasteiger charge is 2.20. The summed E-state index contributed by atoms with van der Waals surface area (Å²) in [5, 5.41) is 8.55. The molecule has 1 heterocycles. The molecule has 5 nitrogen and oxygen atoms in total. The lowest BCUT2D eigenvalue weighted by Crippen LogP contribution is -2.36. The summed E-state index contributed by atoms with van der Waals surface area (Å²) in [5.41, 5.74) is 8.09. The predicted molar refractivity (Wildman–Crippen MR) is 93.5 cm³/mol. The third-order valence-electron chi connectivity index (χ3n) is 4.69. The molecule has 3 N–H and O–H groups in total. The number of aliphatic carboxylic acids is 1. The maximum atomic E-state index is 11.8. The minimum atomic E-state index is -0.921. The van der Waals surface area contributed by atoms with Gasteiger partial charge in [-0.3, -0.25) is 9.59 Å². The van der Waals surface area contributed by atoms with Crippen molar-refractivity contribution >= 4 is 11.9 Å². The Labute approximate surface area is 143 Å². The summed E-state index contributed by atoms with van der Waals surface area (Å²) in [6.07, 6.45) is 7.53.